The Labute approximate surface area is 200 Å². The number of carbonyl (C=O) groups excluding carboxylic acids is 1. The molecule has 0 saturated heterocycles. The zero-order chi connectivity index (χ0) is 25.1. The molecule has 6 nitrogen and oxygen atoms in total. The molecule has 1 unspecified atom stereocenters. The van der Waals surface area contributed by atoms with Gasteiger partial charge in [-0.05, 0) is 60.5 Å². The van der Waals surface area contributed by atoms with Gasteiger partial charge in [0.15, 0.2) is 0 Å². The highest BCUT2D eigenvalue weighted by Crippen LogP contribution is 2.40. The summed E-state index contributed by atoms with van der Waals surface area (Å²) in [5.41, 5.74) is -1.73. The van der Waals surface area contributed by atoms with Crippen molar-refractivity contribution in [1.82, 2.24) is 9.78 Å². The Hall–Kier alpha value is -3.85. The van der Waals surface area contributed by atoms with Gasteiger partial charge in [-0.25, -0.2) is 4.68 Å². The van der Waals surface area contributed by atoms with Crippen molar-refractivity contribution in [3.8, 4) is 11.4 Å². The fourth-order valence-electron chi connectivity index (χ4n) is 3.67. The van der Waals surface area contributed by atoms with E-state index in [4.69, 9.17) is 4.74 Å². The van der Waals surface area contributed by atoms with E-state index in [1.165, 1.54) is 48.7 Å². The lowest BCUT2D eigenvalue weighted by Crippen LogP contribution is -2.47. The van der Waals surface area contributed by atoms with Gasteiger partial charge in [-0.15, -0.1) is 0 Å². The van der Waals surface area contributed by atoms with E-state index in [0.29, 0.717) is 29.4 Å². The molecule has 0 saturated carbocycles. The van der Waals surface area contributed by atoms with Gasteiger partial charge < -0.3 is 15.2 Å². The number of rotatable bonds is 8. The Morgan fingerprint density at radius 2 is 1.77 bits per heavy atom. The summed E-state index contributed by atoms with van der Waals surface area (Å²) in [5, 5.41) is 18.2. The van der Waals surface area contributed by atoms with Gasteiger partial charge in [-0.2, -0.15) is 18.3 Å². The van der Waals surface area contributed by atoms with Crippen LogP contribution in [0.25, 0.3) is 16.6 Å². The quantitative estimate of drug-likeness (QED) is 0.342. The second kappa shape index (κ2) is 9.79. The number of aromatic nitrogens is 2. The van der Waals surface area contributed by atoms with Gasteiger partial charge in [-0.1, -0.05) is 31.2 Å². The van der Waals surface area contributed by atoms with Crippen LogP contribution in [0.5, 0.6) is 5.75 Å². The van der Waals surface area contributed by atoms with Crippen LogP contribution in [0.1, 0.15) is 25.3 Å². The Bertz CT molecular complexity index is 1300. The molecule has 0 radical (unpaired) electrons. The maximum atomic E-state index is 14.0. The molecule has 182 valence electrons. The van der Waals surface area contributed by atoms with Crippen LogP contribution in [-0.2, 0) is 10.4 Å². The highest BCUT2D eigenvalue weighted by molar-refractivity contribution is 5.90. The number of hydrogen-bond donors (Lipinski definition) is 2. The molecular weight excluding hydrogens is 459 g/mol. The number of nitrogens with zero attached hydrogens (tertiary/aromatic N) is 2. The molecule has 1 amide bonds. The molecular formula is C26H24F3N3O3. The largest absolute Gasteiger partial charge is 0.490 e. The lowest BCUT2D eigenvalue weighted by Gasteiger charge is -2.31. The van der Waals surface area contributed by atoms with Gasteiger partial charge in [0.25, 0.3) is 0 Å². The highest BCUT2D eigenvalue weighted by Gasteiger charge is 2.56. The van der Waals surface area contributed by atoms with Crippen molar-refractivity contribution < 1.29 is 27.8 Å². The molecule has 35 heavy (non-hydrogen) atoms. The van der Waals surface area contributed by atoms with Crippen molar-refractivity contribution in [2.75, 3.05) is 11.9 Å². The molecule has 3 aromatic carbocycles. The molecule has 1 aromatic heterocycles. The first-order valence-corrected chi connectivity index (χ1v) is 11.1. The zero-order valence-electron chi connectivity index (χ0n) is 18.9. The summed E-state index contributed by atoms with van der Waals surface area (Å²) in [6, 6.07) is 19.1. The summed E-state index contributed by atoms with van der Waals surface area (Å²) in [6.45, 7) is 0.835. The third-order valence-electron chi connectivity index (χ3n) is 5.58. The lowest BCUT2D eigenvalue weighted by molar-refractivity contribution is -0.275. The van der Waals surface area contributed by atoms with Crippen molar-refractivity contribution in [1.29, 1.82) is 0 Å². The van der Waals surface area contributed by atoms with E-state index in [9.17, 15) is 23.1 Å². The molecule has 0 aliphatic heterocycles. The van der Waals surface area contributed by atoms with Crippen LogP contribution in [0, 0.1) is 0 Å². The Morgan fingerprint density at radius 1 is 1.06 bits per heavy atom. The number of fused-ring (bicyclic) bond motifs is 1. The monoisotopic (exact) mass is 483 g/mol. The van der Waals surface area contributed by atoms with Crippen molar-refractivity contribution >= 4 is 22.5 Å². The van der Waals surface area contributed by atoms with Gasteiger partial charge in [0.05, 0.1) is 17.4 Å². The Kier molecular flexibility index (Phi) is 6.79. The number of para-hydroxylation sites is 1. The first-order valence-electron chi connectivity index (χ1n) is 11.1. The summed E-state index contributed by atoms with van der Waals surface area (Å²) in [5.74, 6) is -0.0299. The van der Waals surface area contributed by atoms with Gasteiger partial charge in [-0.3, -0.25) is 4.79 Å². The van der Waals surface area contributed by atoms with E-state index in [1.807, 2.05) is 37.3 Å². The predicted molar refractivity (Wildman–Crippen MR) is 126 cm³/mol. The number of aliphatic hydroxyl groups is 1. The molecule has 0 spiro atoms. The molecule has 2 N–H and O–H groups in total. The van der Waals surface area contributed by atoms with Crippen LogP contribution in [0.4, 0.5) is 18.9 Å². The topological polar surface area (TPSA) is 76.4 Å². The van der Waals surface area contributed by atoms with Crippen LogP contribution in [0.15, 0.2) is 79.0 Å². The zero-order valence-corrected chi connectivity index (χ0v) is 18.9. The van der Waals surface area contributed by atoms with E-state index in [2.05, 4.69) is 10.4 Å². The number of amides is 1. The smallest absolute Gasteiger partial charge is 0.424 e. The molecule has 9 heteroatoms. The van der Waals surface area contributed by atoms with E-state index in [-0.39, 0.29) is 17.2 Å². The van der Waals surface area contributed by atoms with Crippen LogP contribution in [0.2, 0.25) is 0 Å². The number of alkyl halides is 3. The molecule has 4 aromatic rings. The average molecular weight is 483 g/mol. The van der Waals surface area contributed by atoms with Crippen LogP contribution in [0.3, 0.4) is 0 Å². The number of hydrogen-bond acceptors (Lipinski definition) is 4. The van der Waals surface area contributed by atoms with E-state index < -0.39 is 18.4 Å². The van der Waals surface area contributed by atoms with Crippen LogP contribution >= 0.6 is 0 Å². The maximum absolute atomic E-state index is 14.0. The minimum Gasteiger partial charge on any atom is -0.490 e. The highest BCUT2D eigenvalue weighted by atomic mass is 19.4. The first-order chi connectivity index (χ1) is 16.7. The number of nitrogens with one attached hydrogen (secondary N) is 1. The van der Waals surface area contributed by atoms with Crippen molar-refractivity contribution in [2.45, 2.75) is 31.5 Å². The van der Waals surface area contributed by atoms with E-state index >= 15 is 0 Å². The lowest BCUT2D eigenvalue weighted by atomic mass is 9.93. The normalized spacial score (nSPS) is 13.4. The fourth-order valence-corrected chi connectivity index (χ4v) is 3.67. The van der Waals surface area contributed by atoms with Gasteiger partial charge >= 0.3 is 6.18 Å². The number of anilines is 1. The standard InChI is InChI=1S/C26H24F3N3O3/c1-2-6-24(33)31-20-10-12-22(13-11-20)35-17-25(34,26(27,28)29)19-9-14-23-18(15-19)16-30-32(23)21-7-4-3-5-8-21/h3-5,7-16,34H,2,6,17H2,1H3,(H,31,33). The molecule has 0 aliphatic carbocycles. The van der Waals surface area contributed by atoms with E-state index in [0.717, 1.165) is 5.69 Å². The third kappa shape index (κ3) is 5.14. The average Bonchev–Trinajstić information content (AvgIpc) is 3.27. The molecule has 0 bridgehead atoms. The predicted octanol–water partition coefficient (Wildman–Crippen LogP) is 5.59. The summed E-state index contributed by atoms with van der Waals surface area (Å²) in [4.78, 5) is 11.7. The molecule has 1 heterocycles. The minimum atomic E-state index is -5.00. The SMILES string of the molecule is CCCC(=O)Nc1ccc(OCC(O)(c2ccc3c(cnn3-c3ccccc3)c2)C(F)(F)F)cc1. The summed E-state index contributed by atoms with van der Waals surface area (Å²) >= 11 is 0. The van der Waals surface area contributed by atoms with Crippen molar-refractivity contribution in [3.63, 3.8) is 0 Å². The number of halogens is 3. The van der Waals surface area contributed by atoms with Crippen LogP contribution in [-0.4, -0.2) is 33.6 Å². The first kappa shape index (κ1) is 24.3. The van der Waals surface area contributed by atoms with Crippen LogP contribution < -0.4 is 10.1 Å². The van der Waals surface area contributed by atoms with Gasteiger partial charge in [0.2, 0.25) is 11.5 Å². The van der Waals surface area contributed by atoms with E-state index in [1.54, 1.807) is 4.68 Å². The second-order valence-electron chi connectivity index (χ2n) is 8.13. The van der Waals surface area contributed by atoms with Crippen molar-refractivity contribution in [3.05, 3.63) is 84.6 Å². The minimum absolute atomic E-state index is 0.124. The maximum Gasteiger partial charge on any atom is 0.424 e. The fraction of sp³-hybridized carbons (Fsp3) is 0.231. The molecule has 4 rings (SSSR count). The molecule has 0 fully saturated rings. The molecule has 0 aliphatic rings. The summed E-state index contributed by atoms with van der Waals surface area (Å²) in [7, 11) is 0. The number of benzene rings is 3. The molecule has 1 atom stereocenters. The number of carbonyl (C=O) groups is 1. The van der Waals surface area contributed by atoms with Crippen molar-refractivity contribution in [2.24, 2.45) is 0 Å². The number of ether oxygens (including phenoxy) is 1. The third-order valence-corrected chi connectivity index (χ3v) is 5.58. The van der Waals surface area contributed by atoms with Gasteiger partial charge in [0, 0.05) is 17.5 Å². The Morgan fingerprint density at radius 3 is 2.43 bits per heavy atom. The summed E-state index contributed by atoms with van der Waals surface area (Å²) < 4.78 is 49.1. The summed E-state index contributed by atoms with van der Waals surface area (Å²) in [6.07, 6.45) is -2.48. The second-order valence-corrected chi connectivity index (χ2v) is 8.13. The van der Waals surface area contributed by atoms with Gasteiger partial charge in [0.1, 0.15) is 12.4 Å². The Balaban J connectivity index is 1.56.